The Morgan fingerprint density at radius 3 is 3.29 bits per heavy atom. The highest BCUT2D eigenvalue weighted by Crippen LogP contribution is 2.09. The fourth-order valence-corrected chi connectivity index (χ4v) is 1.33. The number of rotatable bonds is 1. The van der Waals surface area contributed by atoms with Gasteiger partial charge < -0.3 is 4.98 Å². The first-order valence-corrected chi connectivity index (χ1v) is 5.06. The third-order valence-electron chi connectivity index (χ3n) is 1.87. The van der Waals surface area contributed by atoms with Gasteiger partial charge in [-0.25, -0.2) is 0 Å². The number of H-pyrrole nitrogens is 1. The van der Waals surface area contributed by atoms with Crippen molar-refractivity contribution in [3.63, 3.8) is 0 Å². The summed E-state index contributed by atoms with van der Waals surface area (Å²) in [6, 6.07) is 3.95. The maximum absolute atomic E-state index is 4.27. The lowest BCUT2D eigenvalue weighted by Crippen LogP contribution is -1.79. The van der Waals surface area contributed by atoms with Crippen molar-refractivity contribution in [1.82, 2.24) is 9.97 Å². The monoisotopic (exact) mass is 202 g/mol. The van der Waals surface area contributed by atoms with Crippen molar-refractivity contribution in [2.24, 2.45) is 0 Å². The smallest absolute Gasteiger partial charge is 0.0879 e. The Bertz CT molecular complexity index is 490. The van der Waals surface area contributed by atoms with Crippen molar-refractivity contribution in [1.29, 1.82) is 0 Å². The van der Waals surface area contributed by atoms with Gasteiger partial charge in [-0.3, -0.25) is 4.98 Å². The molecule has 0 unspecified atom stereocenters. The minimum absolute atomic E-state index is 0.797. The Morgan fingerprint density at radius 1 is 1.50 bits per heavy atom. The summed E-state index contributed by atoms with van der Waals surface area (Å²) in [6.45, 7) is 0. The maximum Gasteiger partial charge on any atom is 0.0879 e. The van der Waals surface area contributed by atoms with Gasteiger partial charge in [-0.2, -0.15) is 12.6 Å². The number of hydrogen-bond acceptors (Lipinski definition) is 2. The lowest BCUT2D eigenvalue weighted by molar-refractivity contribution is 1.31. The molecule has 0 fully saturated rings. The predicted octanol–water partition coefficient (Wildman–Crippen LogP) is 2.23. The molecule has 2 nitrogen and oxygen atoms in total. The van der Waals surface area contributed by atoms with Crippen LogP contribution in [0.2, 0.25) is 0 Å². The molecule has 0 radical (unpaired) electrons. The van der Waals surface area contributed by atoms with Gasteiger partial charge in [-0.15, -0.1) is 0 Å². The largest absolute Gasteiger partial charge is 0.360 e. The van der Waals surface area contributed by atoms with Crippen LogP contribution in [0.4, 0.5) is 0 Å². The van der Waals surface area contributed by atoms with Crippen LogP contribution in [0.25, 0.3) is 11.0 Å². The van der Waals surface area contributed by atoms with Gasteiger partial charge in [-0.05, 0) is 12.1 Å². The van der Waals surface area contributed by atoms with Crippen LogP contribution in [0.1, 0.15) is 12.0 Å². The number of hydrogen-bond donors (Lipinski definition) is 2. The second-order valence-electron chi connectivity index (χ2n) is 2.91. The molecular weight excluding hydrogens is 192 g/mol. The zero-order valence-corrected chi connectivity index (χ0v) is 8.51. The predicted molar refractivity (Wildman–Crippen MR) is 61.4 cm³/mol. The first-order valence-electron chi connectivity index (χ1n) is 4.43. The zero-order chi connectivity index (χ0) is 9.80. The molecule has 0 aliphatic carbocycles. The highest BCUT2D eigenvalue weighted by molar-refractivity contribution is 7.80. The van der Waals surface area contributed by atoms with Gasteiger partial charge in [0.2, 0.25) is 0 Å². The third-order valence-corrected chi connectivity index (χ3v) is 2.09. The van der Waals surface area contributed by atoms with E-state index < -0.39 is 0 Å². The minimum Gasteiger partial charge on any atom is -0.360 e. The molecule has 0 atom stereocenters. The van der Waals surface area contributed by atoms with Crippen molar-refractivity contribution in [2.75, 3.05) is 5.75 Å². The van der Waals surface area contributed by atoms with E-state index in [1.165, 1.54) is 0 Å². The number of nitrogens with one attached hydrogen (secondary N) is 1. The first kappa shape index (κ1) is 9.17. The Morgan fingerprint density at radius 2 is 2.43 bits per heavy atom. The number of aromatic nitrogens is 2. The Kier molecular flexibility index (Phi) is 2.76. The summed E-state index contributed by atoms with van der Waals surface area (Å²) in [7, 11) is 0. The summed E-state index contributed by atoms with van der Waals surface area (Å²) in [5, 5.41) is 0. The third kappa shape index (κ3) is 1.91. The Hall–Kier alpha value is -1.40. The van der Waals surface area contributed by atoms with Crippen LogP contribution in [0.3, 0.4) is 0 Å². The quantitative estimate of drug-likeness (QED) is 0.539. The number of aromatic amines is 1. The number of nitrogens with zero attached hydrogens (tertiary/aromatic N) is 1. The van der Waals surface area contributed by atoms with Crippen molar-refractivity contribution >= 4 is 23.7 Å². The van der Waals surface area contributed by atoms with Crippen LogP contribution in [0, 0.1) is 11.8 Å². The molecule has 2 heterocycles. The standard InChI is InChI=1S/C11H10N2S/c14-6-2-1-3-9-7-11-10(13-8-9)4-5-12-11/h4-5,7-8,12,14H,2,6H2. The lowest BCUT2D eigenvalue weighted by atomic mass is 10.2. The minimum atomic E-state index is 0.797. The highest BCUT2D eigenvalue weighted by Gasteiger charge is 1.94. The highest BCUT2D eigenvalue weighted by atomic mass is 32.1. The number of fused-ring (bicyclic) bond motifs is 1. The van der Waals surface area contributed by atoms with Crippen molar-refractivity contribution in [3.05, 3.63) is 30.1 Å². The molecule has 0 saturated heterocycles. The molecule has 3 heteroatoms. The van der Waals surface area contributed by atoms with Crippen molar-refractivity contribution < 1.29 is 0 Å². The average molecular weight is 202 g/mol. The summed E-state index contributed by atoms with van der Waals surface area (Å²) in [6.07, 6.45) is 4.48. The Balaban J connectivity index is 2.31. The van der Waals surface area contributed by atoms with Gasteiger partial charge in [-0.1, -0.05) is 11.8 Å². The molecule has 2 aromatic rings. The van der Waals surface area contributed by atoms with E-state index in [0.717, 1.165) is 28.8 Å². The Labute approximate surface area is 88.2 Å². The topological polar surface area (TPSA) is 28.7 Å². The SMILES string of the molecule is SCCC#Cc1cnc2cc[nH]c2c1. The van der Waals surface area contributed by atoms with Gasteiger partial charge in [0, 0.05) is 30.1 Å². The maximum atomic E-state index is 4.27. The summed E-state index contributed by atoms with van der Waals surface area (Å²) < 4.78 is 0. The van der Waals surface area contributed by atoms with Crippen LogP contribution in [-0.2, 0) is 0 Å². The molecule has 2 aromatic heterocycles. The molecule has 0 spiro atoms. The second-order valence-corrected chi connectivity index (χ2v) is 3.36. The summed E-state index contributed by atoms with van der Waals surface area (Å²) >= 11 is 4.09. The van der Waals surface area contributed by atoms with E-state index in [4.69, 9.17) is 0 Å². The van der Waals surface area contributed by atoms with E-state index in [1.807, 2.05) is 18.3 Å². The fourth-order valence-electron chi connectivity index (χ4n) is 1.22. The van der Waals surface area contributed by atoms with Crippen molar-refractivity contribution in [3.8, 4) is 11.8 Å². The zero-order valence-electron chi connectivity index (χ0n) is 7.62. The normalized spacial score (nSPS) is 9.79. The molecule has 0 aromatic carbocycles. The first-order chi connectivity index (χ1) is 6.90. The number of pyridine rings is 1. The molecule has 70 valence electrons. The average Bonchev–Trinajstić information content (AvgIpc) is 2.65. The molecule has 0 aliphatic heterocycles. The van der Waals surface area contributed by atoms with Crippen LogP contribution in [0.5, 0.6) is 0 Å². The summed E-state index contributed by atoms with van der Waals surface area (Å²) in [4.78, 5) is 7.37. The number of thiol groups is 1. The van der Waals surface area contributed by atoms with E-state index in [-0.39, 0.29) is 0 Å². The molecule has 1 N–H and O–H groups in total. The van der Waals surface area contributed by atoms with Gasteiger partial charge in [0.05, 0.1) is 11.0 Å². The molecular formula is C11H10N2S. The summed E-state index contributed by atoms with van der Waals surface area (Å²) in [5.41, 5.74) is 2.95. The molecule has 0 aliphatic rings. The molecule has 0 saturated carbocycles. The summed E-state index contributed by atoms with van der Waals surface area (Å²) in [5.74, 6) is 6.87. The van der Waals surface area contributed by atoms with Crippen molar-refractivity contribution in [2.45, 2.75) is 6.42 Å². The van der Waals surface area contributed by atoms with Gasteiger partial charge in [0.1, 0.15) is 0 Å². The van der Waals surface area contributed by atoms with E-state index in [0.29, 0.717) is 0 Å². The molecule has 14 heavy (non-hydrogen) atoms. The van der Waals surface area contributed by atoms with Crippen LogP contribution >= 0.6 is 12.6 Å². The van der Waals surface area contributed by atoms with Gasteiger partial charge >= 0.3 is 0 Å². The molecule has 0 bridgehead atoms. The van der Waals surface area contributed by atoms with Gasteiger partial charge in [0.15, 0.2) is 0 Å². The van der Waals surface area contributed by atoms with Crippen LogP contribution in [-0.4, -0.2) is 15.7 Å². The van der Waals surface area contributed by atoms with E-state index >= 15 is 0 Å². The lowest BCUT2D eigenvalue weighted by Gasteiger charge is -1.90. The fraction of sp³-hybridized carbons (Fsp3) is 0.182. The van der Waals surface area contributed by atoms with E-state index in [1.54, 1.807) is 6.20 Å². The van der Waals surface area contributed by atoms with E-state index in [2.05, 4.69) is 34.4 Å². The molecule has 0 amide bonds. The van der Waals surface area contributed by atoms with Gasteiger partial charge in [0.25, 0.3) is 0 Å². The molecule has 2 rings (SSSR count). The second kappa shape index (κ2) is 4.21. The van der Waals surface area contributed by atoms with E-state index in [9.17, 15) is 0 Å². The van der Waals surface area contributed by atoms with Crippen LogP contribution < -0.4 is 0 Å². The van der Waals surface area contributed by atoms with Crippen LogP contribution in [0.15, 0.2) is 24.5 Å².